The number of aliphatic hydroxyl groups is 1. The first kappa shape index (κ1) is 11.7. The van der Waals surface area contributed by atoms with Gasteiger partial charge in [-0.05, 0) is 34.5 Å². The van der Waals surface area contributed by atoms with Crippen molar-refractivity contribution in [1.29, 1.82) is 0 Å². The molecule has 0 saturated carbocycles. The first-order valence-electron chi connectivity index (χ1n) is 4.87. The monoisotopic (exact) mass is 242 g/mol. The molecule has 5 heteroatoms. The van der Waals surface area contributed by atoms with Gasteiger partial charge in [-0.15, -0.1) is 13.2 Å². The zero-order valence-electron chi connectivity index (χ0n) is 8.66. The van der Waals surface area contributed by atoms with Gasteiger partial charge in [0.15, 0.2) is 0 Å². The lowest BCUT2D eigenvalue weighted by atomic mass is 10.1. The number of hydrogen-bond acceptors (Lipinski definition) is 2. The highest BCUT2D eigenvalue weighted by molar-refractivity contribution is 5.84. The van der Waals surface area contributed by atoms with E-state index >= 15 is 0 Å². The molecule has 2 aromatic rings. The van der Waals surface area contributed by atoms with Gasteiger partial charge in [-0.2, -0.15) is 0 Å². The molecule has 2 aromatic carbocycles. The van der Waals surface area contributed by atoms with Crippen molar-refractivity contribution in [1.82, 2.24) is 0 Å². The Labute approximate surface area is 95.2 Å². The van der Waals surface area contributed by atoms with Crippen molar-refractivity contribution in [3.8, 4) is 5.75 Å². The van der Waals surface area contributed by atoms with E-state index in [0.29, 0.717) is 10.9 Å². The van der Waals surface area contributed by atoms with Crippen molar-refractivity contribution in [2.45, 2.75) is 13.0 Å². The Hall–Kier alpha value is -1.75. The van der Waals surface area contributed by atoms with Crippen molar-refractivity contribution in [3.05, 3.63) is 42.0 Å². The summed E-state index contributed by atoms with van der Waals surface area (Å²) >= 11 is 0. The molecule has 0 aliphatic rings. The molecule has 0 saturated heterocycles. The quantitative estimate of drug-likeness (QED) is 0.876. The lowest BCUT2D eigenvalue weighted by molar-refractivity contribution is -0.274. The molecule has 0 aromatic heterocycles. The fraction of sp³-hybridized carbons (Fsp3) is 0.167. The second-order valence-electron chi connectivity index (χ2n) is 3.55. The van der Waals surface area contributed by atoms with Crippen LogP contribution in [0.3, 0.4) is 0 Å². The molecule has 1 N–H and O–H groups in total. The Balaban J connectivity index is 2.41. The molecule has 0 aliphatic heterocycles. The zero-order valence-corrected chi connectivity index (χ0v) is 8.66. The second kappa shape index (κ2) is 4.25. The third-order valence-corrected chi connectivity index (χ3v) is 2.29. The van der Waals surface area contributed by atoms with Crippen LogP contribution >= 0.6 is 0 Å². The highest BCUT2D eigenvalue weighted by Crippen LogP contribution is 2.27. The standard InChI is InChI=1S/C12H9F3O2/c13-12(14,15)17-11-4-3-9-2-1-8(7-16)5-10(9)6-11/h1-6,16H,7H2. The molecule has 0 heterocycles. The summed E-state index contributed by atoms with van der Waals surface area (Å²) in [5.41, 5.74) is 0.640. The van der Waals surface area contributed by atoms with E-state index < -0.39 is 6.36 Å². The van der Waals surface area contributed by atoms with Crippen LogP contribution in [0.2, 0.25) is 0 Å². The predicted molar refractivity (Wildman–Crippen MR) is 56.6 cm³/mol. The highest BCUT2D eigenvalue weighted by atomic mass is 19.4. The van der Waals surface area contributed by atoms with E-state index in [1.54, 1.807) is 18.2 Å². The minimum absolute atomic E-state index is 0.152. The van der Waals surface area contributed by atoms with Crippen LogP contribution in [0.25, 0.3) is 10.8 Å². The van der Waals surface area contributed by atoms with Crippen molar-refractivity contribution < 1.29 is 23.0 Å². The summed E-state index contributed by atoms with van der Waals surface area (Å²) in [6, 6.07) is 9.16. The van der Waals surface area contributed by atoms with Gasteiger partial charge in [-0.3, -0.25) is 0 Å². The van der Waals surface area contributed by atoms with Crippen molar-refractivity contribution in [2.24, 2.45) is 0 Å². The van der Waals surface area contributed by atoms with Crippen LogP contribution < -0.4 is 4.74 Å². The van der Waals surface area contributed by atoms with Crippen molar-refractivity contribution in [3.63, 3.8) is 0 Å². The Kier molecular flexibility index (Phi) is 2.93. The van der Waals surface area contributed by atoms with Crippen LogP contribution in [0.5, 0.6) is 5.75 Å². The molecule has 0 fully saturated rings. The van der Waals surface area contributed by atoms with Gasteiger partial charge in [0.25, 0.3) is 0 Å². The third kappa shape index (κ3) is 2.88. The summed E-state index contributed by atoms with van der Waals surface area (Å²) in [7, 11) is 0. The molecule has 0 radical (unpaired) electrons. The molecule has 0 bridgehead atoms. The number of alkyl halides is 3. The third-order valence-electron chi connectivity index (χ3n) is 2.29. The van der Waals surface area contributed by atoms with E-state index in [1.165, 1.54) is 18.2 Å². The summed E-state index contributed by atoms with van der Waals surface area (Å²) in [6.07, 6.45) is -4.69. The van der Waals surface area contributed by atoms with E-state index in [-0.39, 0.29) is 12.4 Å². The maximum Gasteiger partial charge on any atom is 0.573 e. The lowest BCUT2D eigenvalue weighted by Gasteiger charge is -2.09. The average Bonchev–Trinajstić information content (AvgIpc) is 2.26. The SMILES string of the molecule is OCc1ccc2ccc(OC(F)(F)F)cc2c1. The molecular weight excluding hydrogens is 233 g/mol. The Bertz CT molecular complexity index is 535. The fourth-order valence-electron chi connectivity index (χ4n) is 1.57. The molecule has 0 spiro atoms. The lowest BCUT2D eigenvalue weighted by Crippen LogP contribution is -2.16. The van der Waals surface area contributed by atoms with E-state index in [1.807, 2.05) is 0 Å². The van der Waals surface area contributed by atoms with Crippen molar-refractivity contribution in [2.75, 3.05) is 0 Å². The van der Waals surface area contributed by atoms with E-state index in [0.717, 1.165) is 5.39 Å². The minimum atomic E-state index is -4.69. The van der Waals surface area contributed by atoms with Crippen LogP contribution in [0, 0.1) is 0 Å². The number of halogens is 3. The summed E-state index contributed by atoms with van der Waals surface area (Å²) < 4.78 is 39.9. The van der Waals surface area contributed by atoms with Gasteiger partial charge in [0.05, 0.1) is 6.61 Å². The number of hydrogen-bond donors (Lipinski definition) is 1. The minimum Gasteiger partial charge on any atom is -0.406 e. The van der Waals surface area contributed by atoms with Gasteiger partial charge in [0, 0.05) is 0 Å². The smallest absolute Gasteiger partial charge is 0.406 e. The molecule has 2 rings (SSSR count). The summed E-state index contributed by atoms with van der Waals surface area (Å²) in [6.45, 7) is -0.152. The van der Waals surface area contributed by atoms with Crippen LogP contribution in [-0.2, 0) is 6.61 Å². The second-order valence-corrected chi connectivity index (χ2v) is 3.55. The molecular formula is C12H9F3O2. The van der Waals surface area contributed by atoms with Gasteiger partial charge >= 0.3 is 6.36 Å². The number of rotatable bonds is 2. The van der Waals surface area contributed by atoms with Gasteiger partial charge < -0.3 is 9.84 Å². The van der Waals surface area contributed by atoms with Crippen LogP contribution in [0.4, 0.5) is 13.2 Å². The first-order chi connectivity index (χ1) is 7.98. The number of benzene rings is 2. The van der Waals surface area contributed by atoms with E-state index in [4.69, 9.17) is 5.11 Å². The fourth-order valence-corrected chi connectivity index (χ4v) is 1.57. The first-order valence-corrected chi connectivity index (χ1v) is 4.87. The number of fused-ring (bicyclic) bond motifs is 1. The van der Waals surface area contributed by atoms with Gasteiger partial charge in [0.1, 0.15) is 5.75 Å². The summed E-state index contributed by atoms with van der Waals surface area (Å²) in [5.74, 6) is -0.264. The molecule has 2 nitrogen and oxygen atoms in total. The highest BCUT2D eigenvalue weighted by Gasteiger charge is 2.31. The number of aliphatic hydroxyl groups excluding tert-OH is 1. The van der Waals surface area contributed by atoms with Crippen LogP contribution in [0.1, 0.15) is 5.56 Å². The molecule has 0 amide bonds. The Morgan fingerprint density at radius 1 is 1.00 bits per heavy atom. The topological polar surface area (TPSA) is 29.5 Å². The molecule has 17 heavy (non-hydrogen) atoms. The Morgan fingerprint density at radius 3 is 2.35 bits per heavy atom. The largest absolute Gasteiger partial charge is 0.573 e. The molecule has 0 unspecified atom stereocenters. The average molecular weight is 242 g/mol. The van der Waals surface area contributed by atoms with Gasteiger partial charge in [-0.1, -0.05) is 18.2 Å². The van der Waals surface area contributed by atoms with Gasteiger partial charge in [0.2, 0.25) is 0 Å². The van der Waals surface area contributed by atoms with Crippen LogP contribution in [-0.4, -0.2) is 11.5 Å². The molecule has 0 aliphatic carbocycles. The van der Waals surface area contributed by atoms with Gasteiger partial charge in [-0.25, -0.2) is 0 Å². The van der Waals surface area contributed by atoms with Crippen LogP contribution in [0.15, 0.2) is 36.4 Å². The normalized spacial score (nSPS) is 11.8. The summed E-state index contributed by atoms with van der Waals surface area (Å²) in [4.78, 5) is 0. The number of ether oxygens (including phenoxy) is 1. The zero-order chi connectivity index (χ0) is 12.5. The maximum absolute atomic E-state index is 12.0. The Morgan fingerprint density at radius 2 is 1.71 bits per heavy atom. The predicted octanol–water partition coefficient (Wildman–Crippen LogP) is 3.23. The molecule has 90 valence electrons. The van der Waals surface area contributed by atoms with Crippen molar-refractivity contribution >= 4 is 10.8 Å². The van der Waals surface area contributed by atoms with E-state index in [2.05, 4.69) is 4.74 Å². The maximum atomic E-state index is 12.0. The summed E-state index contributed by atoms with van der Waals surface area (Å²) in [5, 5.41) is 10.3. The molecule has 0 atom stereocenters. The van der Waals surface area contributed by atoms with E-state index in [9.17, 15) is 13.2 Å².